The molecule has 1 aromatic carbocycles. The van der Waals surface area contributed by atoms with Crippen molar-refractivity contribution in [3.05, 3.63) is 44.6 Å². The van der Waals surface area contributed by atoms with Crippen LogP contribution in [0, 0.1) is 0 Å². The summed E-state index contributed by atoms with van der Waals surface area (Å²) in [4.78, 5) is 32.6. The number of ether oxygens (including phenoxy) is 2. The summed E-state index contributed by atoms with van der Waals surface area (Å²) in [6.07, 6.45) is 1.52. The van der Waals surface area contributed by atoms with E-state index in [-0.39, 0.29) is 33.6 Å². The number of hydrogen-bond donors (Lipinski definition) is 1. The zero-order valence-electron chi connectivity index (χ0n) is 16.2. The predicted octanol–water partition coefficient (Wildman–Crippen LogP) is 2.96. The molecule has 0 saturated carbocycles. The summed E-state index contributed by atoms with van der Waals surface area (Å²) in [5, 5.41) is 3.60. The number of pyridine rings is 1. The largest absolute Gasteiger partial charge is 0.495 e. The maximum atomic E-state index is 13.0. The van der Waals surface area contributed by atoms with Crippen molar-refractivity contribution in [2.45, 2.75) is 13.5 Å². The van der Waals surface area contributed by atoms with Crippen molar-refractivity contribution in [3.8, 4) is 22.8 Å². The Labute approximate surface area is 176 Å². The van der Waals surface area contributed by atoms with Gasteiger partial charge in [-0.25, -0.2) is 9.97 Å². The third-order valence-electron chi connectivity index (χ3n) is 4.35. The van der Waals surface area contributed by atoms with Crippen molar-refractivity contribution in [2.75, 3.05) is 14.2 Å². The zero-order chi connectivity index (χ0) is 21.3. The van der Waals surface area contributed by atoms with Gasteiger partial charge in [-0.05, 0) is 6.07 Å². The summed E-state index contributed by atoms with van der Waals surface area (Å²) in [5.41, 5.74) is 0.702. The first-order valence-electron chi connectivity index (χ1n) is 8.48. The Bertz CT molecular complexity index is 1150. The second kappa shape index (κ2) is 8.26. The minimum atomic E-state index is -0.363. The van der Waals surface area contributed by atoms with Crippen molar-refractivity contribution in [2.24, 2.45) is 7.05 Å². The number of carbonyl (C=O) groups is 1. The van der Waals surface area contributed by atoms with Crippen LogP contribution in [-0.4, -0.2) is 34.7 Å². The normalized spacial score (nSPS) is 10.8. The molecule has 1 N–H and O–H groups in total. The lowest BCUT2D eigenvalue weighted by Gasteiger charge is -2.17. The molecule has 0 radical (unpaired) electrons. The smallest absolute Gasteiger partial charge is 0.277 e. The number of carbonyl (C=O) groups excluding carboxylic acids is 1. The molecule has 1 amide bonds. The van der Waals surface area contributed by atoms with Crippen LogP contribution in [0.15, 0.2) is 23.1 Å². The molecule has 2 aromatic heterocycles. The third-order valence-corrected chi connectivity index (χ3v) is 5.10. The molecule has 8 nitrogen and oxygen atoms in total. The predicted molar refractivity (Wildman–Crippen MR) is 111 cm³/mol. The van der Waals surface area contributed by atoms with E-state index in [1.165, 1.54) is 31.9 Å². The molecule has 0 aliphatic carbocycles. The molecule has 0 unspecified atom stereocenters. The summed E-state index contributed by atoms with van der Waals surface area (Å²) in [6, 6.07) is 3.29. The number of fused-ring (bicyclic) bond motifs is 1. The molecule has 0 saturated heterocycles. The molecule has 0 aliphatic heterocycles. The zero-order valence-corrected chi connectivity index (χ0v) is 17.7. The van der Waals surface area contributed by atoms with E-state index in [2.05, 4.69) is 15.3 Å². The van der Waals surface area contributed by atoms with E-state index >= 15 is 0 Å². The highest BCUT2D eigenvalue weighted by atomic mass is 35.5. The van der Waals surface area contributed by atoms with Crippen molar-refractivity contribution < 1.29 is 14.3 Å². The minimum Gasteiger partial charge on any atom is -0.495 e. The quantitative estimate of drug-likeness (QED) is 0.660. The van der Waals surface area contributed by atoms with Gasteiger partial charge in [-0.2, -0.15) is 0 Å². The highest BCUT2D eigenvalue weighted by Crippen LogP contribution is 2.45. The van der Waals surface area contributed by atoms with E-state index in [9.17, 15) is 9.59 Å². The maximum absolute atomic E-state index is 13.0. The summed E-state index contributed by atoms with van der Waals surface area (Å²) in [6.45, 7) is 1.52. The fourth-order valence-corrected chi connectivity index (χ4v) is 3.55. The maximum Gasteiger partial charge on any atom is 0.277 e. The van der Waals surface area contributed by atoms with Crippen LogP contribution in [0.1, 0.15) is 12.7 Å². The molecule has 10 heteroatoms. The highest BCUT2D eigenvalue weighted by molar-refractivity contribution is 6.41. The average Bonchev–Trinajstić information content (AvgIpc) is 2.70. The van der Waals surface area contributed by atoms with Crippen molar-refractivity contribution in [3.63, 3.8) is 0 Å². The van der Waals surface area contributed by atoms with Crippen LogP contribution in [-0.2, 0) is 18.4 Å². The number of methoxy groups -OCH3 is 2. The van der Waals surface area contributed by atoms with Gasteiger partial charge in [0.1, 0.15) is 22.8 Å². The topological polar surface area (TPSA) is 95.3 Å². The molecule has 3 aromatic rings. The van der Waals surface area contributed by atoms with Gasteiger partial charge in [-0.15, -0.1) is 0 Å². The third kappa shape index (κ3) is 3.86. The number of halogens is 2. The van der Waals surface area contributed by atoms with Crippen molar-refractivity contribution >= 4 is 40.0 Å². The Balaban J connectivity index is 2.25. The van der Waals surface area contributed by atoms with Crippen LogP contribution in [0.4, 0.5) is 0 Å². The lowest BCUT2D eigenvalue weighted by molar-refractivity contribution is -0.119. The van der Waals surface area contributed by atoms with Crippen LogP contribution in [0.2, 0.25) is 10.0 Å². The van der Waals surface area contributed by atoms with E-state index in [0.717, 1.165) is 0 Å². The first kappa shape index (κ1) is 20.9. The number of nitrogens with one attached hydrogen (secondary N) is 1. The van der Waals surface area contributed by atoms with Crippen LogP contribution >= 0.6 is 23.2 Å². The molecule has 0 atom stereocenters. The highest BCUT2D eigenvalue weighted by Gasteiger charge is 2.22. The lowest BCUT2D eigenvalue weighted by atomic mass is 10.1. The minimum absolute atomic E-state index is 0.126. The second-order valence-corrected chi connectivity index (χ2v) is 6.93. The number of aromatic nitrogens is 3. The summed E-state index contributed by atoms with van der Waals surface area (Å²) < 4.78 is 12.0. The van der Waals surface area contributed by atoms with Gasteiger partial charge in [0.15, 0.2) is 0 Å². The van der Waals surface area contributed by atoms with E-state index in [0.29, 0.717) is 34.0 Å². The molecule has 29 heavy (non-hydrogen) atoms. The average molecular weight is 437 g/mol. The molecular formula is C19H18Cl2N4O4. The molecule has 0 aliphatic rings. The lowest BCUT2D eigenvalue weighted by Crippen LogP contribution is -2.23. The van der Waals surface area contributed by atoms with Gasteiger partial charge in [0, 0.05) is 37.2 Å². The summed E-state index contributed by atoms with van der Waals surface area (Å²) in [5.74, 6) is 0.833. The Morgan fingerprint density at radius 2 is 1.79 bits per heavy atom. The van der Waals surface area contributed by atoms with Crippen LogP contribution in [0.3, 0.4) is 0 Å². The van der Waals surface area contributed by atoms with Crippen molar-refractivity contribution in [1.82, 2.24) is 19.9 Å². The number of nitrogens with zero attached hydrogens (tertiary/aromatic N) is 3. The molecule has 3 rings (SSSR count). The van der Waals surface area contributed by atoms with Crippen molar-refractivity contribution in [1.29, 1.82) is 0 Å². The molecule has 0 bridgehead atoms. The van der Waals surface area contributed by atoms with Gasteiger partial charge in [-0.1, -0.05) is 23.2 Å². The van der Waals surface area contributed by atoms with E-state index in [1.54, 1.807) is 19.2 Å². The Morgan fingerprint density at radius 3 is 2.34 bits per heavy atom. The van der Waals surface area contributed by atoms with Gasteiger partial charge in [0.2, 0.25) is 5.91 Å². The molecular weight excluding hydrogens is 419 g/mol. The monoisotopic (exact) mass is 436 g/mol. The van der Waals surface area contributed by atoms with Crippen LogP contribution in [0.5, 0.6) is 11.5 Å². The van der Waals surface area contributed by atoms with Gasteiger partial charge < -0.3 is 19.4 Å². The fraction of sp³-hybridized carbons (Fsp3) is 0.263. The molecule has 2 heterocycles. The number of benzene rings is 1. The molecule has 152 valence electrons. The Hall–Kier alpha value is -2.84. The summed E-state index contributed by atoms with van der Waals surface area (Å²) in [7, 11) is 4.54. The Kier molecular flexibility index (Phi) is 5.95. The number of amides is 1. The SMILES string of the molecule is COc1cc(OC)c(Cl)c(-c2cc3cnc(CNC(C)=O)nc3c(=O)n2C)c1Cl. The van der Waals surface area contributed by atoms with Gasteiger partial charge in [-0.3, -0.25) is 9.59 Å². The van der Waals surface area contributed by atoms with Gasteiger partial charge >= 0.3 is 0 Å². The Morgan fingerprint density at radius 1 is 1.17 bits per heavy atom. The van der Waals surface area contributed by atoms with Gasteiger partial charge in [0.25, 0.3) is 5.56 Å². The first-order valence-corrected chi connectivity index (χ1v) is 9.24. The van der Waals surface area contributed by atoms with E-state index in [4.69, 9.17) is 32.7 Å². The first-order chi connectivity index (χ1) is 13.8. The van der Waals surface area contributed by atoms with Crippen LogP contribution in [0.25, 0.3) is 22.2 Å². The summed E-state index contributed by atoms with van der Waals surface area (Å²) >= 11 is 13.0. The van der Waals surface area contributed by atoms with E-state index < -0.39 is 0 Å². The van der Waals surface area contributed by atoms with Gasteiger partial charge in [0.05, 0.1) is 36.5 Å². The molecule has 0 fully saturated rings. The second-order valence-electron chi connectivity index (χ2n) is 6.18. The fourth-order valence-electron chi connectivity index (χ4n) is 2.86. The number of rotatable bonds is 5. The van der Waals surface area contributed by atoms with E-state index in [1.807, 2.05) is 0 Å². The molecule has 0 spiro atoms. The number of hydrogen-bond acceptors (Lipinski definition) is 6. The standard InChI is InChI=1S/C19H18Cl2N4O4/c1-9(26)22-8-14-23-7-10-5-11(25(2)19(27)18(10)24-14)15-16(20)12(28-3)6-13(29-4)17(15)21/h5-7H,8H2,1-4H3,(H,22,26). The van der Waals surface area contributed by atoms with Crippen LogP contribution < -0.4 is 20.3 Å².